The van der Waals surface area contributed by atoms with Gasteiger partial charge in [-0.05, 0) is 42.7 Å². The predicted octanol–water partition coefficient (Wildman–Crippen LogP) is 3.34. The van der Waals surface area contributed by atoms with Crippen LogP contribution in [0, 0.1) is 6.92 Å². The van der Waals surface area contributed by atoms with Gasteiger partial charge in [-0.25, -0.2) is 4.98 Å². The SMILES string of the molecule is Cc1nnsc1C(=O)N(Cc1cnc2ccccn12)c1ccccc1. The monoisotopic (exact) mass is 349 g/mol. The van der Waals surface area contributed by atoms with E-state index in [0.29, 0.717) is 17.1 Å². The lowest BCUT2D eigenvalue weighted by atomic mass is 10.2. The molecule has 4 rings (SSSR count). The highest BCUT2D eigenvalue weighted by Gasteiger charge is 2.23. The Morgan fingerprint density at radius 3 is 2.72 bits per heavy atom. The summed E-state index contributed by atoms with van der Waals surface area (Å²) in [6.45, 7) is 2.21. The van der Waals surface area contributed by atoms with Crippen LogP contribution in [0.4, 0.5) is 5.69 Å². The Hall–Kier alpha value is -3.06. The van der Waals surface area contributed by atoms with Crippen molar-refractivity contribution in [3.63, 3.8) is 0 Å². The van der Waals surface area contributed by atoms with Gasteiger partial charge in [0.1, 0.15) is 10.5 Å². The summed E-state index contributed by atoms with van der Waals surface area (Å²) in [4.78, 5) is 19.8. The summed E-state index contributed by atoms with van der Waals surface area (Å²) in [5.74, 6) is -0.107. The minimum Gasteiger partial charge on any atom is -0.302 e. The summed E-state index contributed by atoms with van der Waals surface area (Å²) in [5.41, 5.74) is 3.26. The second kappa shape index (κ2) is 6.45. The van der Waals surface area contributed by atoms with Gasteiger partial charge in [0.25, 0.3) is 5.91 Å². The summed E-state index contributed by atoms with van der Waals surface area (Å²) < 4.78 is 5.88. The molecular weight excluding hydrogens is 334 g/mol. The molecule has 1 aromatic carbocycles. The number of aryl methyl sites for hydroxylation is 1. The summed E-state index contributed by atoms with van der Waals surface area (Å²) >= 11 is 1.12. The minimum atomic E-state index is -0.107. The number of pyridine rings is 1. The lowest BCUT2D eigenvalue weighted by molar-refractivity contribution is 0.0988. The fourth-order valence-electron chi connectivity index (χ4n) is 2.70. The number of anilines is 1. The van der Waals surface area contributed by atoms with Crippen LogP contribution in [-0.4, -0.2) is 24.9 Å². The largest absolute Gasteiger partial charge is 0.302 e. The van der Waals surface area contributed by atoms with Crippen molar-refractivity contribution in [1.29, 1.82) is 0 Å². The molecule has 3 aromatic heterocycles. The third-order valence-electron chi connectivity index (χ3n) is 3.97. The molecule has 0 N–H and O–H groups in total. The van der Waals surface area contributed by atoms with Gasteiger partial charge in [-0.2, -0.15) is 0 Å². The van der Waals surface area contributed by atoms with E-state index in [4.69, 9.17) is 0 Å². The van der Waals surface area contributed by atoms with E-state index in [9.17, 15) is 4.79 Å². The number of amides is 1. The van der Waals surface area contributed by atoms with Crippen molar-refractivity contribution in [2.24, 2.45) is 0 Å². The molecule has 0 aliphatic carbocycles. The number of rotatable bonds is 4. The molecule has 6 nitrogen and oxygen atoms in total. The Morgan fingerprint density at radius 2 is 1.96 bits per heavy atom. The number of carbonyl (C=O) groups is 1. The van der Waals surface area contributed by atoms with E-state index in [1.54, 1.807) is 18.0 Å². The Morgan fingerprint density at radius 1 is 1.16 bits per heavy atom. The number of hydrogen-bond donors (Lipinski definition) is 0. The van der Waals surface area contributed by atoms with Crippen LogP contribution in [0.15, 0.2) is 60.9 Å². The van der Waals surface area contributed by atoms with Crippen LogP contribution in [0.25, 0.3) is 5.65 Å². The maximum absolute atomic E-state index is 13.1. The van der Waals surface area contributed by atoms with Crippen molar-refractivity contribution in [3.05, 3.63) is 77.2 Å². The molecular formula is C18H15N5OS. The van der Waals surface area contributed by atoms with Crippen molar-refractivity contribution >= 4 is 28.8 Å². The Balaban J connectivity index is 1.76. The fraction of sp³-hybridized carbons (Fsp3) is 0.111. The highest BCUT2D eigenvalue weighted by molar-refractivity contribution is 7.08. The number of fused-ring (bicyclic) bond motifs is 1. The molecule has 0 saturated heterocycles. The highest BCUT2D eigenvalue weighted by Crippen LogP contribution is 2.22. The number of nitrogens with zero attached hydrogens (tertiary/aromatic N) is 5. The standard InChI is InChI=1S/C18H15N5OS/c1-13-17(25-21-20-13)18(24)23(14-7-3-2-4-8-14)12-15-11-19-16-9-5-6-10-22(15)16/h2-11H,12H2,1H3. The van der Waals surface area contributed by atoms with Crippen LogP contribution in [0.2, 0.25) is 0 Å². The minimum absolute atomic E-state index is 0.107. The number of benzene rings is 1. The molecule has 7 heteroatoms. The van der Waals surface area contributed by atoms with Gasteiger partial charge in [0.15, 0.2) is 0 Å². The second-order valence-electron chi connectivity index (χ2n) is 5.59. The normalized spacial score (nSPS) is 10.9. The molecule has 3 heterocycles. The van der Waals surface area contributed by atoms with Crippen LogP contribution in [0.1, 0.15) is 21.1 Å². The van der Waals surface area contributed by atoms with E-state index in [1.807, 2.05) is 59.1 Å². The topological polar surface area (TPSA) is 63.4 Å². The summed E-state index contributed by atoms with van der Waals surface area (Å²) in [6.07, 6.45) is 3.75. The molecule has 0 radical (unpaired) electrons. The maximum Gasteiger partial charge on any atom is 0.272 e. The molecule has 0 aliphatic rings. The lowest BCUT2D eigenvalue weighted by Gasteiger charge is -2.22. The Bertz CT molecular complexity index is 1020. The summed E-state index contributed by atoms with van der Waals surface area (Å²) in [7, 11) is 0. The third-order valence-corrected chi connectivity index (χ3v) is 4.79. The maximum atomic E-state index is 13.1. The summed E-state index contributed by atoms with van der Waals surface area (Å²) in [5, 5.41) is 3.96. The number of aromatic nitrogens is 4. The average Bonchev–Trinajstić information content (AvgIpc) is 3.26. The first kappa shape index (κ1) is 15.5. The molecule has 4 aromatic rings. The van der Waals surface area contributed by atoms with Gasteiger partial charge < -0.3 is 9.30 Å². The van der Waals surface area contributed by atoms with Crippen molar-refractivity contribution in [3.8, 4) is 0 Å². The molecule has 0 bridgehead atoms. The molecule has 0 aliphatic heterocycles. The Kier molecular flexibility index (Phi) is 3.99. The molecule has 124 valence electrons. The van der Waals surface area contributed by atoms with E-state index in [0.717, 1.165) is 28.6 Å². The van der Waals surface area contributed by atoms with E-state index in [-0.39, 0.29) is 5.91 Å². The molecule has 0 saturated carbocycles. The third kappa shape index (κ3) is 2.89. The number of hydrogen-bond acceptors (Lipinski definition) is 5. The molecule has 1 amide bonds. The Labute approximate surface area is 148 Å². The van der Waals surface area contributed by atoms with Crippen LogP contribution in [0.3, 0.4) is 0 Å². The predicted molar refractivity (Wildman–Crippen MR) is 96.8 cm³/mol. The van der Waals surface area contributed by atoms with Gasteiger partial charge in [-0.15, -0.1) is 5.10 Å². The van der Waals surface area contributed by atoms with Crippen LogP contribution < -0.4 is 4.90 Å². The number of imidazole rings is 1. The quantitative estimate of drug-likeness (QED) is 0.567. The smallest absolute Gasteiger partial charge is 0.272 e. The van der Waals surface area contributed by atoms with Crippen molar-refractivity contribution in [1.82, 2.24) is 19.0 Å². The second-order valence-corrected chi connectivity index (χ2v) is 6.35. The van der Waals surface area contributed by atoms with E-state index < -0.39 is 0 Å². The molecule has 25 heavy (non-hydrogen) atoms. The van der Waals surface area contributed by atoms with Crippen LogP contribution in [0.5, 0.6) is 0 Å². The van der Waals surface area contributed by atoms with Crippen LogP contribution >= 0.6 is 11.5 Å². The number of carbonyl (C=O) groups excluding carboxylic acids is 1. The first-order chi connectivity index (χ1) is 12.2. The molecule has 0 fully saturated rings. The van der Waals surface area contributed by atoms with Gasteiger partial charge in [-0.1, -0.05) is 28.8 Å². The highest BCUT2D eigenvalue weighted by atomic mass is 32.1. The lowest BCUT2D eigenvalue weighted by Crippen LogP contribution is -2.30. The zero-order valence-electron chi connectivity index (χ0n) is 13.5. The molecule has 0 spiro atoms. The fourth-order valence-corrected chi connectivity index (χ4v) is 3.31. The number of para-hydroxylation sites is 1. The van der Waals surface area contributed by atoms with Gasteiger partial charge in [0, 0.05) is 11.9 Å². The first-order valence-electron chi connectivity index (χ1n) is 7.81. The van der Waals surface area contributed by atoms with Gasteiger partial charge in [0.05, 0.1) is 24.1 Å². The molecule has 0 unspecified atom stereocenters. The van der Waals surface area contributed by atoms with Crippen LogP contribution in [-0.2, 0) is 6.54 Å². The van der Waals surface area contributed by atoms with Crippen molar-refractivity contribution < 1.29 is 4.79 Å². The zero-order chi connectivity index (χ0) is 17.2. The van der Waals surface area contributed by atoms with Crippen molar-refractivity contribution in [2.75, 3.05) is 4.90 Å². The van der Waals surface area contributed by atoms with E-state index in [1.165, 1.54) is 0 Å². The molecule has 0 atom stereocenters. The van der Waals surface area contributed by atoms with Gasteiger partial charge in [0.2, 0.25) is 0 Å². The van der Waals surface area contributed by atoms with Crippen molar-refractivity contribution in [2.45, 2.75) is 13.5 Å². The first-order valence-corrected chi connectivity index (χ1v) is 8.58. The van der Waals surface area contributed by atoms with E-state index in [2.05, 4.69) is 14.6 Å². The van der Waals surface area contributed by atoms with E-state index >= 15 is 0 Å². The van der Waals surface area contributed by atoms with Gasteiger partial charge >= 0.3 is 0 Å². The van der Waals surface area contributed by atoms with Gasteiger partial charge in [-0.3, -0.25) is 4.79 Å². The zero-order valence-corrected chi connectivity index (χ0v) is 14.3. The average molecular weight is 349 g/mol. The summed E-state index contributed by atoms with van der Waals surface area (Å²) in [6, 6.07) is 15.4.